The van der Waals surface area contributed by atoms with Crippen molar-refractivity contribution in [3.05, 3.63) is 0 Å². The highest BCUT2D eigenvalue weighted by Gasteiger charge is 2.18. The van der Waals surface area contributed by atoms with Gasteiger partial charge in [-0.2, -0.15) is 0 Å². The first-order valence-corrected chi connectivity index (χ1v) is 5.97. The summed E-state index contributed by atoms with van der Waals surface area (Å²) >= 11 is 3.26. The Kier molecular flexibility index (Phi) is 6.56. The van der Waals surface area contributed by atoms with Gasteiger partial charge in [-0.1, -0.05) is 29.8 Å². The van der Waals surface area contributed by atoms with Crippen LogP contribution in [0.2, 0.25) is 0 Å². The first-order chi connectivity index (χ1) is 6.84. The molecule has 1 unspecified atom stereocenters. The van der Waals surface area contributed by atoms with E-state index in [2.05, 4.69) is 26.6 Å². The van der Waals surface area contributed by atoms with E-state index in [1.807, 2.05) is 27.7 Å². The van der Waals surface area contributed by atoms with Crippen LogP contribution in [0.15, 0.2) is 0 Å². The van der Waals surface area contributed by atoms with E-state index in [9.17, 15) is 9.59 Å². The van der Waals surface area contributed by atoms with Crippen molar-refractivity contribution in [2.75, 3.05) is 6.54 Å². The van der Waals surface area contributed by atoms with E-state index < -0.39 is 0 Å². The second kappa shape index (κ2) is 6.82. The molecule has 0 bridgehead atoms. The Morgan fingerprint density at radius 3 is 2.13 bits per heavy atom. The van der Waals surface area contributed by atoms with Crippen molar-refractivity contribution in [2.24, 2.45) is 5.92 Å². The lowest BCUT2D eigenvalue weighted by Gasteiger charge is -2.14. The predicted molar refractivity (Wildman–Crippen MR) is 63.8 cm³/mol. The molecule has 0 rings (SSSR count). The number of carbonyl (C=O) groups excluding carboxylic acids is 2. The van der Waals surface area contributed by atoms with Crippen molar-refractivity contribution < 1.29 is 9.59 Å². The fourth-order valence-corrected chi connectivity index (χ4v) is 1.10. The van der Waals surface area contributed by atoms with Crippen molar-refractivity contribution in [1.29, 1.82) is 0 Å². The molecule has 0 saturated carbocycles. The van der Waals surface area contributed by atoms with Gasteiger partial charge in [0.2, 0.25) is 11.8 Å². The highest BCUT2D eigenvalue weighted by Crippen LogP contribution is 2.11. The number of rotatable bonds is 5. The van der Waals surface area contributed by atoms with E-state index in [0.29, 0.717) is 0 Å². The molecule has 15 heavy (non-hydrogen) atoms. The van der Waals surface area contributed by atoms with Crippen LogP contribution in [0.4, 0.5) is 0 Å². The van der Waals surface area contributed by atoms with Crippen LogP contribution in [0.25, 0.3) is 0 Å². The normalized spacial score (nSPS) is 12.7. The molecule has 1 atom stereocenters. The van der Waals surface area contributed by atoms with Crippen LogP contribution < -0.4 is 10.6 Å². The first kappa shape index (κ1) is 14.4. The van der Waals surface area contributed by atoms with E-state index in [0.717, 1.165) is 0 Å². The summed E-state index contributed by atoms with van der Waals surface area (Å²) < 4.78 is 0. The van der Waals surface area contributed by atoms with Crippen LogP contribution in [0.3, 0.4) is 0 Å². The zero-order valence-electron chi connectivity index (χ0n) is 9.63. The smallest absolute Gasteiger partial charge is 0.239 e. The number of alkyl halides is 1. The maximum atomic E-state index is 11.4. The maximum absolute atomic E-state index is 11.4. The fourth-order valence-electron chi connectivity index (χ4n) is 0.941. The van der Waals surface area contributed by atoms with Crippen molar-refractivity contribution in [3.63, 3.8) is 0 Å². The molecule has 0 radical (unpaired) electrons. The predicted octanol–water partition coefficient (Wildman–Crippen LogP) is 1.05. The third-order valence-electron chi connectivity index (χ3n) is 1.71. The zero-order valence-corrected chi connectivity index (χ0v) is 11.2. The van der Waals surface area contributed by atoms with E-state index in [1.165, 1.54) is 0 Å². The lowest BCUT2D eigenvalue weighted by atomic mass is 10.1. The van der Waals surface area contributed by atoms with Gasteiger partial charge < -0.3 is 10.6 Å². The molecule has 0 spiro atoms. The highest BCUT2D eigenvalue weighted by atomic mass is 79.9. The summed E-state index contributed by atoms with van der Waals surface area (Å²) in [4.78, 5) is 22.4. The lowest BCUT2D eigenvalue weighted by molar-refractivity contribution is -0.126. The Hall–Kier alpha value is -0.580. The molecule has 2 amide bonds. The van der Waals surface area contributed by atoms with Gasteiger partial charge >= 0.3 is 0 Å². The van der Waals surface area contributed by atoms with Gasteiger partial charge in [0.25, 0.3) is 0 Å². The maximum Gasteiger partial charge on any atom is 0.239 e. The van der Waals surface area contributed by atoms with Gasteiger partial charge in [-0.3, -0.25) is 9.59 Å². The van der Waals surface area contributed by atoms with Crippen LogP contribution in [-0.4, -0.2) is 29.2 Å². The summed E-state index contributed by atoms with van der Waals surface area (Å²) in [7, 11) is 0. The molecule has 0 aromatic rings. The molecule has 0 aromatic heterocycles. The van der Waals surface area contributed by atoms with E-state index >= 15 is 0 Å². The van der Waals surface area contributed by atoms with Crippen molar-refractivity contribution in [3.8, 4) is 0 Å². The van der Waals surface area contributed by atoms with Gasteiger partial charge in [-0.05, 0) is 19.8 Å². The second-order valence-corrected chi connectivity index (χ2v) is 5.07. The van der Waals surface area contributed by atoms with Crippen molar-refractivity contribution in [2.45, 2.75) is 38.6 Å². The summed E-state index contributed by atoms with van der Waals surface area (Å²) in [5.41, 5.74) is 0. The largest absolute Gasteiger partial charge is 0.352 e. The van der Waals surface area contributed by atoms with Gasteiger partial charge in [0.05, 0.1) is 11.4 Å². The summed E-state index contributed by atoms with van der Waals surface area (Å²) in [5.74, 6) is -0.108. The number of nitrogens with one attached hydrogen (secondary N) is 2. The van der Waals surface area contributed by atoms with Crippen LogP contribution in [0.5, 0.6) is 0 Å². The summed E-state index contributed by atoms with van der Waals surface area (Å²) in [5, 5.41) is 5.27. The van der Waals surface area contributed by atoms with Gasteiger partial charge in [-0.15, -0.1) is 0 Å². The minimum absolute atomic E-state index is 0.0336. The zero-order chi connectivity index (χ0) is 12.0. The molecule has 88 valence electrons. The monoisotopic (exact) mass is 278 g/mol. The van der Waals surface area contributed by atoms with E-state index in [1.54, 1.807) is 0 Å². The Morgan fingerprint density at radius 2 is 1.73 bits per heavy atom. The molecule has 0 heterocycles. The standard InChI is InChI=1S/C10H19BrN2O2/c1-6(2)9(11)10(15)12-5-8(14)13-7(3)4/h6-7,9H,5H2,1-4H3,(H,12,15)(H,13,14). The van der Waals surface area contributed by atoms with Gasteiger partial charge in [0, 0.05) is 6.04 Å². The summed E-state index contributed by atoms with van der Waals surface area (Å²) in [6.45, 7) is 7.66. The average molecular weight is 279 g/mol. The number of amides is 2. The van der Waals surface area contributed by atoms with Crippen LogP contribution in [0, 0.1) is 5.92 Å². The Morgan fingerprint density at radius 1 is 1.20 bits per heavy atom. The van der Waals surface area contributed by atoms with Gasteiger partial charge in [0.15, 0.2) is 0 Å². The van der Waals surface area contributed by atoms with E-state index in [-0.39, 0.29) is 35.1 Å². The topological polar surface area (TPSA) is 58.2 Å². The molecule has 0 aliphatic rings. The molecule has 4 nitrogen and oxygen atoms in total. The average Bonchev–Trinajstić information content (AvgIpc) is 2.11. The molecule has 0 aliphatic carbocycles. The molecular formula is C10H19BrN2O2. The molecule has 0 saturated heterocycles. The third kappa shape index (κ3) is 6.49. The second-order valence-electron chi connectivity index (χ2n) is 4.09. The molecular weight excluding hydrogens is 260 g/mol. The molecule has 0 fully saturated rings. The number of hydrogen-bond donors (Lipinski definition) is 2. The van der Waals surface area contributed by atoms with E-state index in [4.69, 9.17) is 0 Å². The summed E-state index contributed by atoms with van der Waals surface area (Å²) in [6, 6.07) is 0.0965. The van der Waals surface area contributed by atoms with Gasteiger partial charge in [0.1, 0.15) is 0 Å². The quantitative estimate of drug-likeness (QED) is 0.739. The fraction of sp³-hybridized carbons (Fsp3) is 0.800. The van der Waals surface area contributed by atoms with Crippen LogP contribution >= 0.6 is 15.9 Å². The lowest BCUT2D eigenvalue weighted by Crippen LogP contribution is -2.42. The SMILES string of the molecule is CC(C)NC(=O)CNC(=O)C(Br)C(C)C. The van der Waals surface area contributed by atoms with Crippen LogP contribution in [-0.2, 0) is 9.59 Å². The Balaban J connectivity index is 3.85. The first-order valence-electron chi connectivity index (χ1n) is 5.05. The number of hydrogen-bond acceptors (Lipinski definition) is 2. The summed E-state index contributed by atoms with van der Waals surface area (Å²) in [6.07, 6.45) is 0. The van der Waals surface area contributed by atoms with Crippen LogP contribution in [0.1, 0.15) is 27.7 Å². The molecule has 0 aliphatic heterocycles. The van der Waals surface area contributed by atoms with Gasteiger partial charge in [-0.25, -0.2) is 0 Å². The minimum Gasteiger partial charge on any atom is -0.352 e. The molecule has 0 aromatic carbocycles. The highest BCUT2D eigenvalue weighted by molar-refractivity contribution is 9.10. The van der Waals surface area contributed by atoms with Crippen molar-refractivity contribution in [1.82, 2.24) is 10.6 Å². The minimum atomic E-state index is -0.246. The Labute approximate surface area is 99.3 Å². The Bertz CT molecular complexity index is 229. The molecule has 2 N–H and O–H groups in total. The molecule has 5 heteroatoms. The third-order valence-corrected chi connectivity index (χ3v) is 3.18. The number of halogens is 1. The number of carbonyl (C=O) groups is 2. The van der Waals surface area contributed by atoms with Crippen molar-refractivity contribution >= 4 is 27.7 Å².